The van der Waals surface area contributed by atoms with Crippen LogP contribution in [0.4, 0.5) is 4.39 Å². The molecule has 0 fully saturated rings. The van der Waals surface area contributed by atoms with E-state index in [2.05, 4.69) is 12.1 Å². The molecule has 106 valence electrons. The number of halogens is 1. The Morgan fingerprint density at radius 1 is 1.15 bits per heavy atom. The van der Waals surface area contributed by atoms with Gasteiger partial charge in [0.25, 0.3) is 0 Å². The van der Waals surface area contributed by atoms with Crippen LogP contribution in [0.15, 0.2) is 48.5 Å². The highest BCUT2D eigenvalue weighted by molar-refractivity contribution is 5.30. The van der Waals surface area contributed by atoms with Crippen LogP contribution in [0.3, 0.4) is 0 Å². The molecule has 2 rings (SSSR count). The van der Waals surface area contributed by atoms with Gasteiger partial charge in [-0.3, -0.25) is 0 Å². The summed E-state index contributed by atoms with van der Waals surface area (Å²) < 4.78 is 19.3. The van der Waals surface area contributed by atoms with Crippen LogP contribution in [0.1, 0.15) is 30.5 Å². The molecule has 0 aliphatic heterocycles. The van der Waals surface area contributed by atoms with Crippen LogP contribution in [-0.4, -0.2) is 6.61 Å². The van der Waals surface area contributed by atoms with Gasteiger partial charge >= 0.3 is 0 Å². The van der Waals surface area contributed by atoms with Gasteiger partial charge in [0, 0.05) is 17.7 Å². The van der Waals surface area contributed by atoms with E-state index in [1.165, 1.54) is 11.6 Å². The zero-order valence-electron chi connectivity index (χ0n) is 11.7. The van der Waals surface area contributed by atoms with Crippen LogP contribution >= 0.6 is 0 Å². The first kappa shape index (κ1) is 14.5. The van der Waals surface area contributed by atoms with Crippen molar-refractivity contribution < 1.29 is 9.13 Å². The maximum atomic E-state index is 13.7. The largest absolute Gasteiger partial charge is 0.493 e. The maximum absolute atomic E-state index is 13.7. The van der Waals surface area contributed by atoms with E-state index in [9.17, 15) is 4.39 Å². The zero-order valence-corrected chi connectivity index (χ0v) is 11.7. The first-order valence-corrected chi connectivity index (χ1v) is 6.88. The minimum Gasteiger partial charge on any atom is -0.493 e. The van der Waals surface area contributed by atoms with Crippen LogP contribution < -0.4 is 10.5 Å². The summed E-state index contributed by atoms with van der Waals surface area (Å²) in [5.41, 5.74) is 7.47. The summed E-state index contributed by atoms with van der Waals surface area (Å²) >= 11 is 0. The van der Waals surface area contributed by atoms with Gasteiger partial charge in [0.05, 0.1) is 6.61 Å². The Morgan fingerprint density at radius 2 is 1.90 bits per heavy atom. The van der Waals surface area contributed by atoms with Crippen molar-refractivity contribution in [2.45, 2.75) is 25.8 Å². The van der Waals surface area contributed by atoms with Crippen molar-refractivity contribution in [2.75, 3.05) is 6.61 Å². The number of benzene rings is 2. The summed E-state index contributed by atoms with van der Waals surface area (Å²) in [5, 5.41) is 0. The number of hydrogen-bond donors (Lipinski definition) is 1. The molecule has 0 saturated carbocycles. The van der Waals surface area contributed by atoms with Crippen LogP contribution in [0.2, 0.25) is 0 Å². The third-order valence-corrected chi connectivity index (χ3v) is 3.18. The molecule has 20 heavy (non-hydrogen) atoms. The Balaban J connectivity index is 1.81. The van der Waals surface area contributed by atoms with E-state index in [1.807, 2.05) is 18.2 Å². The lowest BCUT2D eigenvalue weighted by Crippen LogP contribution is -2.07. The van der Waals surface area contributed by atoms with Crippen molar-refractivity contribution in [1.29, 1.82) is 0 Å². The normalized spacial score (nSPS) is 12.2. The molecule has 2 aromatic rings. The smallest absolute Gasteiger partial charge is 0.131 e. The van der Waals surface area contributed by atoms with Crippen molar-refractivity contribution in [3.63, 3.8) is 0 Å². The molecule has 0 aliphatic carbocycles. The van der Waals surface area contributed by atoms with Crippen molar-refractivity contribution in [1.82, 2.24) is 0 Å². The second kappa shape index (κ2) is 7.06. The molecule has 0 aliphatic rings. The lowest BCUT2D eigenvalue weighted by Gasteiger charge is -2.10. The fourth-order valence-electron chi connectivity index (χ4n) is 2.08. The molecule has 0 heterocycles. The Labute approximate surface area is 119 Å². The standard InChI is InChI=1S/C17H20FNO/c1-13(19)16-10-9-15(12-17(16)18)20-11-5-8-14-6-3-2-4-7-14/h2-4,6-7,9-10,12-13H,5,8,11,19H2,1H3. The summed E-state index contributed by atoms with van der Waals surface area (Å²) in [6.45, 7) is 2.34. The third-order valence-electron chi connectivity index (χ3n) is 3.18. The molecular weight excluding hydrogens is 253 g/mol. The lowest BCUT2D eigenvalue weighted by molar-refractivity contribution is 0.309. The fraction of sp³-hybridized carbons (Fsp3) is 0.294. The van der Waals surface area contributed by atoms with Crippen LogP contribution in [0.5, 0.6) is 5.75 Å². The number of aryl methyl sites for hydroxylation is 1. The van der Waals surface area contributed by atoms with Crippen molar-refractivity contribution in [3.05, 3.63) is 65.5 Å². The quantitative estimate of drug-likeness (QED) is 0.811. The van der Waals surface area contributed by atoms with Gasteiger partial charge in [-0.05, 0) is 31.4 Å². The summed E-state index contributed by atoms with van der Waals surface area (Å²) in [5.74, 6) is 0.250. The first-order chi connectivity index (χ1) is 9.66. The molecule has 0 spiro atoms. The molecular formula is C17H20FNO. The monoisotopic (exact) mass is 273 g/mol. The van der Waals surface area contributed by atoms with Crippen LogP contribution in [-0.2, 0) is 6.42 Å². The number of rotatable bonds is 6. The Hall–Kier alpha value is -1.87. The van der Waals surface area contributed by atoms with Crippen LogP contribution in [0.25, 0.3) is 0 Å². The number of hydrogen-bond acceptors (Lipinski definition) is 2. The first-order valence-electron chi connectivity index (χ1n) is 6.88. The molecule has 0 aromatic heterocycles. The maximum Gasteiger partial charge on any atom is 0.131 e. The van der Waals surface area contributed by atoms with Gasteiger partial charge in [-0.15, -0.1) is 0 Å². The third kappa shape index (κ3) is 4.07. The SMILES string of the molecule is CC(N)c1ccc(OCCCc2ccccc2)cc1F. The molecule has 3 heteroatoms. The van der Waals surface area contributed by atoms with Gasteiger partial charge < -0.3 is 10.5 Å². The predicted octanol–water partition coefficient (Wildman–Crippen LogP) is 3.86. The molecule has 2 N–H and O–H groups in total. The minimum absolute atomic E-state index is 0.304. The molecule has 0 saturated heterocycles. The highest BCUT2D eigenvalue weighted by Gasteiger charge is 2.07. The fourth-order valence-corrected chi connectivity index (χ4v) is 2.08. The Morgan fingerprint density at radius 3 is 2.55 bits per heavy atom. The van der Waals surface area contributed by atoms with Gasteiger partial charge in [-0.2, -0.15) is 0 Å². The van der Waals surface area contributed by atoms with Gasteiger partial charge in [-0.25, -0.2) is 4.39 Å². The molecule has 2 nitrogen and oxygen atoms in total. The summed E-state index contributed by atoms with van der Waals surface area (Å²) in [6.07, 6.45) is 1.86. The highest BCUT2D eigenvalue weighted by atomic mass is 19.1. The van der Waals surface area contributed by atoms with Crippen LogP contribution in [0, 0.1) is 5.82 Å². The topological polar surface area (TPSA) is 35.2 Å². The van der Waals surface area contributed by atoms with Gasteiger partial charge in [-0.1, -0.05) is 36.4 Å². The second-order valence-corrected chi connectivity index (χ2v) is 4.91. The molecule has 0 radical (unpaired) electrons. The summed E-state index contributed by atoms with van der Waals surface area (Å²) in [4.78, 5) is 0. The molecule has 2 aromatic carbocycles. The Kier molecular flexibility index (Phi) is 5.13. The lowest BCUT2D eigenvalue weighted by atomic mass is 10.1. The molecule has 0 amide bonds. The van der Waals surface area contributed by atoms with Crippen molar-refractivity contribution in [3.8, 4) is 5.75 Å². The van der Waals surface area contributed by atoms with E-state index in [4.69, 9.17) is 10.5 Å². The summed E-state index contributed by atoms with van der Waals surface area (Å²) in [6, 6.07) is 14.8. The van der Waals surface area contributed by atoms with E-state index < -0.39 is 0 Å². The van der Waals surface area contributed by atoms with Gasteiger partial charge in [0.2, 0.25) is 0 Å². The van der Waals surface area contributed by atoms with Gasteiger partial charge in [0.15, 0.2) is 0 Å². The van der Waals surface area contributed by atoms with E-state index in [-0.39, 0.29) is 11.9 Å². The zero-order chi connectivity index (χ0) is 14.4. The highest BCUT2D eigenvalue weighted by Crippen LogP contribution is 2.20. The molecule has 1 atom stereocenters. The second-order valence-electron chi connectivity index (χ2n) is 4.91. The van der Waals surface area contributed by atoms with E-state index in [1.54, 1.807) is 19.1 Å². The van der Waals surface area contributed by atoms with Gasteiger partial charge in [0.1, 0.15) is 11.6 Å². The van der Waals surface area contributed by atoms with Crippen molar-refractivity contribution in [2.24, 2.45) is 5.73 Å². The molecule has 1 unspecified atom stereocenters. The summed E-state index contributed by atoms with van der Waals surface area (Å²) in [7, 11) is 0. The average molecular weight is 273 g/mol. The van der Waals surface area contributed by atoms with E-state index in [0.29, 0.717) is 17.9 Å². The van der Waals surface area contributed by atoms with E-state index in [0.717, 1.165) is 12.8 Å². The average Bonchev–Trinajstić information content (AvgIpc) is 2.44. The number of nitrogens with two attached hydrogens (primary N) is 1. The molecule has 0 bridgehead atoms. The van der Waals surface area contributed by atoms with Crippen molar-refractivity contribution >= 4 is 0 Å². The van der Waals surface area contributed by atoms with E-state index >= 15 is 0 Å². The number of ether oxygens (including phenoxy) is 1. The predicted molar refractivity (Wildman–Crippen MR) is 79.3 cm³/mol. The Bertz CT molecular complexity index is 540. The minimum atomic E-state index is -0.305.